The molecule has 0 saturated heterocycles. The van der Waals surface area contributed by atoms with Crippen LogP contribution in [0.5, 0.6) is 0 Å². The number of carbonyl (C=O) groups excluding carboxylic acids is 2. The highest BCUT2D eigenvalue weighted by Crippen LogP contribution is 2.21. The van der Waals surface area contributed by atoms with E-state index in [1.807, 2.05) is 35.7 Å². The van der Waals surface area contributed by atoms with Crippen LogP contribution in [0.3, 0.4) is 0 Å². The topological polar surface area (TPSA) is 119 Å². The van der Waals surface area contributed by atoms with Gasteiger partial charge in [-0.05, 0) is 36.8 Å². The first-order valence-electron chi connectivity index (χ1n) is 11.1. The predicted octanol–water partition coefficient (Wildman–Crippen LogP) is 3.62. The number of aromatic nitrogens is 3. The molecule has 0 fully saturated rings. The first-order valence-corrected chi connectivity index (χ1v) is 13.0. The first-order chi connectivity index (χ1) is 17.0. The summed E-state index contributed by atoms with van der Waals surface area (Å²) in [7, 11) is 0. The highest BCUT2D eigenvalue weighted by atomic mass is 32.2. The average molecular weight is 512 g/mol. The number of hydrogen-bond donors (Lipinski definition) is 2. The number of thiophene rings is 1. The lowest BCUT2D eigenvalue weighted by atomic mass is 10.1. The molecule has 0 aliphatic rings. The summed E-state index contributed by atoms with van der Waals surface area (Å²) in [4.78, 5) is 42.2. The largest absolute Gasteiger partial charge is 0.360 e. The van der Waals surface area contributed by atoms with Gasteiger partial charge in [0.1, 0.15) is 10.5 Å². The molecule has 3 aromatic heterocycles. The van der Waals surface area contributed by atoms with Gasteiger partial charge in [0.05, 0.1) is 11.3 Å². The number of nitrogens with zero attached hydrogens (tertiary/aromatic N) is 3. The minimum absolute atomic E-state index is 0.0496. The second-order valence-corrected chi connectivity index (χ2v) is 9.69. The third-order valence-electron chi connectivity index (χ3n) is 5.12. The molecule has 2 amide bonds. The maximum atomic E-state index is 13.1. The number of carbonyl (C=O) groups is 2. The van der Waals surface area contributed by atoms with Crippen molar-refractivity contribution in [3.8, 4) is 0 Å². The van der Waals surface area contributed by atoms with Crippen LogP contribution in [0, 0.1) is 6.92 Å². The molecule has 0 unspecified atom stereocenters. The van der Waals surface area contributed by atoms with Crippen LogP contribution in [0.15, 0.2) is 62.3 Å². The Morgan fingerprint density at radius 3 is 2.77 bits per heavy atom. The number of thioether (sulfide) groups is 1. The highest BCUT2D eigenvalue weighted by Gasteiger charge is 2.15. The van der Waals surface area contributed by atoms with Gasteiger partial charge in [0.15, 0.2) is 11.0 Å². The molecule has 11 heteroatoms. The van der Waals surface area contributed by atoms with E-state index >= 15 is 0 Å². The van der Waals surface area contributed by atoms with Crippen molar-refractivity contribution in [3.05, 3.63) is 69.5 Å². The Morgan fingerprint density at radius 2 is 2.00 bits per heavy atom. The minimum Gasteiger partial charge on any atom is -0.360 e. The molecule has 9 nitrogen and oxygen atoms in total. The third-order valence-corrected chi connectivity index (χ3v) is 6.99. The quantitative estimate of drug-likeness (QED) is 0.233. The fourth-order valence-corrected chi connectivity index (χ4v) is 5.05. The van der Waals surface area contributed by atoms with Crippen LogP contribution in [0.4, 0.5) is 5.82 Å². The molecule has 0 spiro atoms. The van der Waals surface area contributed by atoms with Gasteiger partial charge in [-0.2, -0.15) is 0 Å². The maximum Gasteiger partial charge on any atom is 0.272 e. The molecule has 4 rings (SSSR count). The van der Waals surface area contributed by atoms with Crippen molar-refractivity contribution in [2.24, 2.45) is 0 Å². The van der Waals surface area contributed by atoms with E-state index < -0.39 is 0 Å². The van der Waals surface area contributed by atoms with Gasteiger partial charge in [-0.3, -0.25) is 19.0 Å². The number of hydrogen-bond acceptors (Lipinski definition) is 8. The van der Waals surface area contributed by atoms with Crippen molar-refractivity contribution in [3.63, 3.8) is 0 Å². The van der Waals surface area contributed by atoms with Crippen LogP contribution in [0.2, 0.25) is 0 Å². The summed E-state index contributed by atoms with van der Waals surface area (Å²) in [6, 6.07) is 13.4. The number of fused-ring (bicyclic) bond motifs is 1. The number of nitrogens with one attached hydrogen (secondary N) is 2. The molecule has 182 valence electrons. The predicted molar refractivity (Wildman–Crippen MR) is 137 cm³/mol. The van der Waals surface area contributed by atoms with Gasteiger partial charge in [-0.25, -0.2) is 4.98 Å². The van der Waals surface area contributed by atoms with Crippen molar-refractivity contribution in [2.45, 2.75) is 37.9 Å². The van der Waals surface area contributed by atoms with Crippen LogP contribution >= 0.6 is 23.1 Å². The van der Waals surface area contributed by atoms with E-state index in [0.717, 1.165) is 6.42 Å². The molecule has 3 heterocycles. The van der Waals surface area contributed by atoms with Crippen LogP contribution in [-0.2, 0) is 22.6 Å². The van der Waals surface area contributed by atoms with Crippen LogP contribution in [0.25, 0.3) is 10.2 Å². The van der Waals surface area contributed by atoms with Gasteiger partial charge in [-0.15, -0.1) is 11.3 Å². The smallest absolute Gasteiger partial charge is 0.272 e. The van der Waals surface area contributed by atoms with Crippen molar-refractivity contribution in [1.82, 2.24) is 20.0 Å². The SMILES string of the molecule is Cc1cc(NC(=O)CSc2nc3ccsc3c(=O)n2CCCC(=O)NCCc2ccccc2)no1. The average Bonchev–Trinajstić information content (AvgIpc) is 3.49. The fourth-order valence-electron chi connectivity index (χ4n) is 3.44. The van der Waals surface area contributed by atoms with Gasteiger partial charge in [0.25, 0.3) is 5.56 Å². The van der Waals surface area contributed by atoms with E-state index in [1.54, 1.807) is 23.6 Å². The van der Waals surface area contributed by atoms with E-state index in [2.05, 4.69) is 20.8 Å². The van der Waals surface area contributed by atoms with Gasteiger partial charge in [0, 0.05) is 25.6 Å². The first kappa shape index (κ1) is 24.7. The molecule has 0 saturated carbocycles. The number of rotatable bonds is 11. The van der Waals surface area contributed by atoms with Gasteiger partial charge < -0.3 is 15.2 Å². The molecule has 35 heavy (non-hydrogen) atoms. The molecule has 0 radical (unpaired) electrons. The summed E-state index contributed by atoms with van der Waals surface area (Å²) in [5.41, 5.74) is 1.61. The number of aryl methyl sites for hydroxylation is 1. The van der Waals surface area contributed by atoms with Crippen LogP contribution in [0.1, 0.15) is 24.2 Å². The Kier molecular flexibility index (Phi) is 8.32. The second-order valence-electron chi connectivity index (χ2n) is 7.83. The molecule has 4 aromatic rings. The zero-order valence-corrected chi connectivity index (χ0v) is 20.8. The Bertz CT molecular complexity index is 1360. The minimum atomic E-state index is -0.285. The summed E-state index contributed by atoms with van der Waals surface area (Å²) in [6.07, 6.45) is 1.54. The van der Waals surface area contributed by atoms with E-state index in [9.17, 15) is 14.4 Å². The standard InChI is InChI=1S/C24H25N5O4S2/c1-16-14-19(28-33-16)27-21(31)15-35-24-26-18-10-13-34-22(18)23(32)29(24)12-5-8-20(30)25-11-9-17-6-3-2-4-7-17/h2-4,6-7,10,13-14H,5,8-9,11-12,15H2,1H3,(H,25,30)(H,27,28,31). The maximum absolute atomic E-state index is 13.1. The Labute approximate surface area is 209 Å². The lowest BCUT2D eigenvalue weighted by Crippen LogP contribution is -2.27. The van der Waals surface area contributed by atoms with E-state index in [-0.39, 0.29) is 23.1 Å². The molecular weight excluding hydrogens is 486 g/mol. The monoisotopic (exact) mass is 511 g/mol. The van der Waals surface area contributed by atoms with Gasteiger partial charge >= 0.3 is 0 Å². The number of amides is 2. The molecule has 1 aromatic carbocycles. The van der Waals surface area contributed by atoms with Crippen molar-refractivity contribution in [2.75, 3.05) is 17.6 Å². The molecule has 2 N–H and O–H groups in total. The van der Waals surface area contributed by atoms with Crippen molar-refractivity contribution in [1.29, 1.82) is 0 Å². The molecule has 0 aliphatic heterocycles. The summed E-state index contributed by atoms with van der Waals surface area (Å²) in [5, 5.41) is 11.6. The second kappa shape index (κ2) is 11.8. The Morgan fingerprint density at radius 1 is 1.17 bits per heavy atom. The zero-order chi connectivity index (χ0) is 24.6. The normalized spacial score (nSPS) is 11.0. The van der Waals surface area contributed by atoms with Crippen molar-refractivity contribution >= 4 is 50.9 Å². The lowest BCUT2D eigenvalue weighted by molar-refractivity contribution is -0.121. The van der Waals surface area contributed by atoms with Crippen molar-refractivity contribution < 1.29 is 14.1 Å². The fraction of sp³-hybridized carbons (Fsp3) is 0.292. The summed E-state index contributed by atoms with van der Waals surface area (Å²) >= 11 is 2.50. The molecular formula is C24H25N5O4S2. The molecule has 0 atom stereocenters. The Hall–Kier alpha value is -3.44. The van der Waals surface area contributed by atoms with E-state index in [4.69, 9.17) is 4.52 Å². The summed E-state index contributed by atoms with van der Waals surface area (Å²) < 4.78 is 7.06. The Balaban J connectivity index is 1.34. The summed E-state index contributed by atoms with van der Waals surface area (Å²) in [5.74, 6) is 0.636. The lowest BCUT2D eigenvalue weighted by Gasteiger charge is -2.12. The highest BCUT2D eigenvalue weighted by molar-refractivity contribution is 7.99. The number of anilines is 1. The third kappa shape index (κ3) is 6.80. The van der Waals surface area contributed by atoms with Gasteiger partial charge in [0.2, 0.25) is 11.8 Å². The van der Waals surface area contributed by atoms with E-state index in [0.29, 0.717) is 52.9 Å². The van der Waals surface area contributed by atoms with Crippen LogP contribution < -0.4 is 16.2 Å². The molecule has 0 aliphatic carbocycles. The van der Waals surface area contributed by atoms with Crippen LogP contribution in [-0.4, -0.2) is 38.8 Å². The summed E-state index contributed by atoms with van der Waals surface area (Å²) in [6.45, 7) is 2.63. The number of benzene rings is 1. The molecule has 0 bridgehead atoms. The van der Waals surface area contributed by atoms with E-state index in [1.165, 1.54) is 28.7 Å². The zero-order valence-electron chi connectivity index (χ0n) is 19.2. The van der Waals surface area contributed by atoms with Gasteiger partial charge in [-0.1, -0.05) is 47.3 Å².